The molecule has 0 saturated heterocycles. The summed E-state index contributed by atoms with van der Waals surface area (Å²) in [5, 5.41) is 17.6. The molecule has 0 saturated carbocycles. The van der Waals surface area contributed by atoms with Gasteiger partial charge in [-0.2, -0.15) is 0 Å². The van der Waals surface area contributed by atoms with Gasteiger partial charge in [-0.05, 0) is 29.7 Å². The van der Waals surface area contributed by atoms with Crippen LogP contribution in [0.2, 0.25) is 0 Å². The van der Waals surface area contributed by atoms with Crippen molar-refractivity contribution in [2.45, 2.75) is 85.0 Å². The molecule has 35 heavy (non-hydrogen) atoms. The summed E-state index contributed by atoms with van der Waals surface area (Å²) in [6.45, 7) is 11.0. The summed E-state index contributed by atoms with van der Waals surface area (Å²) in [6, 6.07) is 5.44. The first-order valence-electron chi connectivity index (χ1n) is 12.3. The van der Waals surface area contributed by atoms with E-state index in [4.69, 9.17) is 5.73 Å². The van der Waals surface area contributed by atoms with Crippen molar-refractivity contribution in [3.05, 3.63) is 35.9 Å². The molecule has 0 aromatic heterocycles. The Morgan fingerprint density at radius 2 is 1.40 bits per heavy atom. The van der Waals surface area contributed by atoms with Crippen LogP contribution in [0.1, 0.15) is 59.9 Å². The first-order valence-corrected chi connectivity index (χ1v) is 12.3. The van der Waals surface area contributed by atoms with E-state index >= 15 is 0 Å². The van der Waals surface area contributed by atoms with Crippen LogP contribution >= 0.6 is 0 Å². The summed E-state index contributed by atoms with van der Waals surface area (Å²) in [6.07, 6.45) is 1.09. The minimum absolute atomic E-state index is 0.0504. The van der Waals surface area contributed by atoms with Gasteiger partial charge in [0.05, 0.1) is 6.04 Å². The molecule has 6 N–H and O–H groups in total. The maximum atomic E-state index is 13.3. The molecule has 0 heterocycles. The molecule has 0 aliphatic carbocycles. The minimum atomic E-state index is -1.13. The number of nitrogens with two attached hydrogens (primary N) is 1. The van der Waals surface area contributed by atoms with E-state index in [2.05, 4.69) is 16.0 Å². The lowest BCUT2D eigenvalue weighted by molar-refractivity contribution is -0.144. The van der Waals surface area contributed by atoms with E-state index in [0.29, 0.717) is 12.8 Å². The smallest absolute Gasteiger partial charge is 0.326 e. The fourth-order valence-electron chi connectivity index (χ4n) is 3.54. The quantitative estimate of drug-likeness (QED) is 0.268. The van der Waals surface area contributed by atoms with Crippen LogP contribution in [0, 0.1) is 17.8 Å². The number of hydrogen-bond acceptors (Lipinski definition) is 5. The van der Waals surface area contributed by atoms with Crippen LogP contribution in [-0.2, 0) is 25.6 Å². The summed E-state index contributed by atoms with van der Waals surface area (Å²) in [7, 11) is 0. The number of aliphatic carboxylic acids is 1. The van der Waals surface area contributed by atoms with E-state index in [1.54, 1.807) is 6.92 Å². The molecule has 196 valence electrons. The minimum Gasteiger partial charge on any atom is -0.480 e. The van der Waals surface area contributed by atoms with Crippen LogP contribution in [0.4, 0.5) is 0 Å². The SMILES string of the molecule is CCC(C)C(NC(=O)C(CC(C)C)NC(=O)C(Cc1ccccc1)NC(=O)C(N)C(C)C)C(=O)O. The number of hydrogen-bond donors (Lipinski definition) is 5. The summed E-state index contributed by atoms with van der Waals surface area (Å²) >= 11 is 0. The average Bonchev–Trinajstić information content (AvgIpc) is 2.80. The summed E-state index contributed by atoms with van der Waals surface area (Å²) in [5.74, 6) is -3.03. The Hall–Kier alpha value is -2.94. The third-order valence-corrected chi connectivity index (χ3v) is 6.05. The lowest BCUT2D eigenvalue weighted by atomic mass is 9.97. The van der Waals surface area contributed by atoms with Crippen LogP contribution in [-0.4, -0.2) is 53.0 Å². The second-order valence-electron chi connectivity index (χ2n) is 9.92. The van der Waals surface area contributed by atoms with Crippen LogP contribution in [0.15, 0.2) is 30.3 Å². The molecule has 0 radical (unpaired) electrons. The Morgan fingerprint density at radius 1 is 0.857 bits per heavy atom. The summed E-state index contributed by atoms with van der Waals surface area (Å²) in [4.78, 5) is 50.7. The Kier molecular flexibility index (Phi) is 12.4. The van der Waals surface area contributed by atoms with E-state index in [-0.39, 0.29) is 24.2 Å². The zero-order valence-corrected chi connectivity index (χ0v) is 21.7. The molecule has 0 bridgehead atoms. The number of carbonyl (C=O) groups is 4. The van der Waals surface area contributed by atoms with Gasteiger partial charge in [-0.3, -0.25) is 14.4 Å². The first kappa shape index (κ1) is 30.1. The molecule has 5 atom stereocenters. The lowest BCUT2D eigenvalue weighted by Crippen LogP contribution is -2.58. The molecule has 0 aliphatic heterocycles. The van der Waals surface area contributed by atoms with Crippen LogP contribution in [0.5, 0.6) is 0 Å². The molecule has 3 amide bonds. The molecule has 5 unspecified atom stereocenters. The largest absolute Gasteiger partial charge is 0.480 e. The number of rotatable bonds is 14. The Bertz CT molecular complexity index is 843. The second-order valence-corrected chi connectivity index (χ2v) is 9.92. The normalized spacial score (nSPS) is 15.6. The van der Waals surface area contributed by atoms with E-state index in [1.165, 1.54) is 0 Å². The van der Waals surface area contributed by atoms with Gasteiger partial charge in [0.15, 0.2) is 0 Å². The van der Waals surface area contributed by atoms with Crippen molar-refractivity contribution in [2.75, 3.05) is 0 Å². The van der Waals surface area contributed by atoms with Crippen molar-refractivity contribution in [3.63, 3.8) is 0 Å². The highest BCUT2D eigenvalue weighted by molar-refractivity contribution is 5.94. The number of amides is 3. The number of carboxylic acid groups (broad SMARTS) is 1. The molecule has 1 aromatic rings. The molecule has 0 spiro atoms. The summed E-state index contributed by atoms with van der Waals surface area (Å²) < 4.78 is 0. The van der Waals surface area contributed by atoms with Crippen molar-refractivity contribution in [1.82, 2.24) is 16.0 Å². The Balaban J connectivity index is 3.13. The van der Waals surface area contributed by atoms with Gasteiger partial charge in [0.25, 0.3) is 0 Å². The number of benzene rings is 1. The molecule has 1 aromatic carbocycles. The highest BCUT2D eigenvalue weighted by Crippen LogP contribution is 2.12. The van der Waals surface area contributed by atoms with E-state index in [1.807, 2.05) is 65.0 Å². The standard InChI is InChI=1S/C26H42N4O5/c1-7-17(6)22(26(34)35)30-24(32)19(13-15(2)3)28-23(31)20(14-18-11-9-8-10-12-18)29-25(33)21(27)16(4)5/h8-12,15-17,19-22H,7,13-14,27H2,1-6H3,(H,28,31)(H,29,33)(H,30,32)(H,34,35). The van der Waals surface area contributed by atoms with Crippen molar-refractivity contribution in [2.24, 2.45) is 23.5 Å². The monoisotopic (exact) mass is 490 g/mol. The van der Waals surface area contributed by atoms with Gasteiger partial charge in [0.1, 0.15) is 18.1 Å². The van der Waals surface area contributed by atoms with E-state index in [0.717, 1.165) is 5.56 Å². The average molecular weight is 491 g/mol. The molecule has 0 fully saturated rings. The zero-order chi connectivity index (χ0) is 26.7. The van der Waals surface area contributed by atoms with Gasteiger partial charge in [-0.1, -0.05) is 78.3 Å². The molecular formula is C26H42N4O5. The molecule has 9 nitrogen and oxygen atoms in total. The van der Waals surface area contributed by atoms with Gasteiger partial charge in [-0.25, -0.2) is 4.79 Å². The van der Waals surface area contributed by atoms with Crippen LogP contribution in [0.25, 0.3) is 0 Å². The highest BCUT2D eigenvalue weighted by Gasteiger charge is 2.32. The summed E-state index contributed by atoms with van der Waals surface area (Å²) in [5.41, 5.74) is 6.81. The van der Waals surface area contributed by atoms with Gasteiger partial charge < -0.3 is 26.8 Å². The van der Waals surface area contributed by atoms with Gasteiger partial charge in [0.2, 0.25) is 17.7 Å². The fourth-order valence-corrected chi connectivity index (χ4v) is 3.54. The van der Waals surface area contributed by atoms with Crippen molar-refractivity contribution in [3.8, 4) is 0 Å². The molecule has 9 heteroatoms. The third-order valence-electron chi connectivity index (χ3n) is 6.05. The fraction of sp³-hybridized carbons (Fsp3) is 0.615. The number of carboxylic acids is 1. The van der Waals surface area contributed by atoms with E-state index < -0.39 is 47.9 Å². The van der Waals surface area contributed by atoms with Crippen molar-refractivity contribution in [1.29, 1.82) is 0 Å². The second kappa shape index (κ2) is 14.5. The van der Waals surface area contributed by atoms with Crippen LogP contribution in [0.3, 0.4) is 0 Å². The maximum absolute atomic E-state index is 13.3. The predicted molar refractivity (Wildman–Crippen MR) is 135 cm³/mol. The van der Waals surface area contributed by atoms with Gasteiger partial charge in [-0.15, -0.1) is 0 Å². The van der Waals surface area contributed by atoms with Crippen LogP contribution < -0.4 is 21.7 Å². The molecule has 1 rings (SSSR count). The van der Waals surface area contributed by atoms with Gasteiger partial charge in [0, 0.05) is 6.42 Å². The van der Waals surface area contributed by atoms with E-state index in [9.17, 15) is 24.3 Å². The topological polar surface area (TPSA) is 151 Å². The maximum Gasteiger partial charge on any atom is 0.326 e. The highest BCUT2D eigenvalue weighted by atomic mass is 16.4. The Morgan fingerprint density at radius 3 is 1.89 bits per heavy atom. The third kappa shape index (κ3) is 10.1. The molecular weight excluding hydrogens is 448 g/mol. The molecule has 0 aliphatic rings. The number of carbonyl (C=O) groups excluding carboxylic acids is 3. The first-order chi connectivity index (χ1) is 16.4. The van der Waals surface area contributed by atoms with Crippen molar-refractivity contribution >= 4 is 23.7 Å². The predicted octanol–water partition coefficient (Wildman–Crippen LogP) is 1.84. The number of nitrogens with one attached hydrogen (secondary N) is 3. The Labute approximate surface area is 208 Å². The lowest BCUT2D eigenvalue weighted by Gasteiger charge is -2.27. The zero-order valence-electron chi connectivity index (χ0n) is 21.7. The van der Waals surface area contributed by atoms with Gasteiger partial charge >= 0.3 is 5.97 Å². The van der Waals surface area contributed by atoms with Crippen molar-refractivity contribution < 1.29 is 24.3 Å².